The Balaban J connectivity index is 2.10. The second-order valence-electron chi connectivity index (χ2n) is 2.47. The lowest BCUT2D eigenvalue weighted by Crippen LogP contribution is -1.88. The first-order valence-corrected chi connectivity index (χ1v) is 3.17. The Hall–Kier alpha value is -0.130. The van der Waals surface area contributed by atoms with Crippen LogP contribution in [0.5, 0.6) is 0 Å². The van der Waals surface area contributed by atoms with E-state index in [0.717, 1.165) is 5.92 Å². The van der Waals surface area contributed by atoms with Crippen LogP contribution in [-0.2, 0) is 0 Å². The van der Waals surface area contributed by atoms with Crippen molar-refractivity contribution in [1.82, 2.24) is 0 Å². The van der Waals surface area contributed by atoms with Crippen LogP contribution in [-0.4, -0.2) is 0 Å². The maximum atomic E-state index is 2.28. The predicted octanol–water partition coefficient (Wildman–Crippen LogP) is 2.40. The second kappa shape index (κ2) is 1.77. The molecule has 0 aromatic rings. The smallest absolute Gasteiger partial charge is 0.0242 e. The summed E-state index contributed by atoms with van der Waals surface area (Å²) in [5.74, 6) is 2.74. The second-order valence-corrected chi connectivity index (χ2v) is 2.47. The first-order chi connectivity index (χ1) is 3.34. The van der Waals surface area contributed by atoms with Gasteiger partial charge in [0.15, 0.2) is 0 Å². The molecule has 0 N–H and O–H groups in total. The van der Waals surface area contributed by atoms with E-state index in [2.05, 4.69) is 13.8 Å². The maximum absolute atomic E-state index is 2.28. The van der Waals surface area contributed by atoms with Gasteiger partial charge < -0.3 is 0 Å². The molecule has 1 saturated carbocycles. The van der Waals surface area contributed by atoms with Crippen molar-refractivity contribution >= 4 is 0 Å². The molecule has 0 heteroatoms. The fourth-order valence-corrected chi connectivity index (χ4v) is 0.865. The van der Waals surface area contributed by atoms with Gasteiger partial charge in [-0.15, -0.1) is 0 Å². The molecule has 0 radical (unpaired) electrons. The highest BCUT2D eigenvalue weighted by Gasteiger charge is 2.36. The van der Waals surface area contributed by atoms with E-state index in [1.165, 1.54) is 19.3 Å². The van der Waals surface area contributed by atoms with Crippen molar-refractivity contribution < 1.29 is 0 Å². The molecular formula is C7H13+. The summed E-state index contributed by atoms with van der Waals surface area (Å²) in [6.45, 7) is 4.52. The molecule has 0 aromatic carbocycles. The molecule has 0 amide bonds. The quantitative estimate of drug-likeness (QED) is 0.464. The molecule has 0 aliphatic heterocycles. The van der Waals surface area contributed by atoms with Crippen LogP contribution in [0.1, 0.15) is 33.1 Å². The Morgan fingerprint density at radius 1 is 1.57 bits per heavy atom. The summed E-state index contributed by atoms with van der Waals surface area (Å²) in [6.07, 6.45) is 4.24. The van der Waals surface area contributed by atoms with Crippen LogP contribution in [0.25, 0.3) is 0 Å². The summed E-state index contributed by atoms with van der Waals surface area (Å²) in [5.41, 5.74) is 0. The highest BCUT2D eigenvalue weighted by molar-refractivity contribution is 4.98. The Labute approximate surface area is 45.9 Å². The molecule has 0 saturated heterocycles. The third-order valence-corrected chi connectivity index (χ3v) is 1.83. The van der Waals surface area contributed by atoms with Gasteiger partial charge in [-0.3, -0.25) is 0 Å². The zero-order valence-electron chi connectivity index (χ0n) is 5.20. The monoisotopic (exact) mass is 97.1 g/mol. The molecule has 0 spiro atoms. The Morgan fingerprint density at radius 3 is 2.29 bits per heavy atom. The molecule has 1 fully saturated rings. The zero-order chi connectivity index (χ0) is 5.28. The molecule has 0 atom stereocenters. The van der Waals surface area contributed by atoms with Crippen LogP contribution >= 0.6 is 0 Å². The lowest BCUT2D eigenvalue weighted by atomic mass is 10.0. The van der Waals surface area contributed by atoms with Crippen molar-refractivity contribution in [2.45, 2.75) is 33.1 Å². The van der Waals surface area contributed by atoms with Crippen LogP contribution in [0.2, 0.25) is 0 Å². The van der Waals surface area contributed by atoms with Crippen LogP contribution in [0, 0.1) is 11.8 Å². The maximum Gasteiger partial charge on any atom is 0.100 e. The lowest BCUT2D eigenvalue weighted by molar-refractivity contribution is 0.759. The van der Waals surface area contributed by atoms with Crippen LogP contribution in [0.15, 0.2) is 0 Å². The van der Waals surface area contributed by atoms with Gasteiger partial charge in [-0.2, -0.15) is 0 Å². The number of hydrogen-bond acceptors (Lipinski definition) is 0. The topological polar surface area (TPSA) is 0 Å². The molecular weight excluding hydrogens is 84.1 g/mol. The summed E-state index contributed by atoms with van der Waals surface area (Å²) in [4.78, 5) is 0. The van der Waals surface area contributed by atoms with E-state index in [-0.39, 0.29) is 0 Å². The largest absolute Gasteiger partial charge is 0.100 e. The van der Waals surface area contributed by atoms with E-state index in [1.807, 2.05) is 0 Å². The average molecular weight is 97.2 g/mol. The van der Waals surface area contributed by atoms with Crippen molar-refractivity contribution in [3.05, 3.63) is 5.92 Å². The Bertz CT molecular complexity index is 53.1. The Morgan fingerprint density at radius 2 is 2.14 bits per heavy atom. The van der Waals surface area contributed by atoms with Crippen LogP contribution in [0.4, 0.5) is 0 Å². The zero-order valence-corrected chi connectivity index (χ0v) is 5.20. The van der Waals surface area contributed by atoms with E-state index in [0.29, 0.717) is 0 Å². The van der Waals surface area contributed by atoms with E-state index < -0.39 is 0 Å². The van der Waals surface area contributed by atoms with Gasteiger partial charge in [-0.1, -0.05) is 0 Å². The summed E-state index contributed by atoms with van der Waals surface area (Å²) >= 11 is 0. The van der Waals surface area contributed by atoms with Gasteiger partial charge in [0.25, 0.3) is 0 Å². The minimum Gasteiger partial charge on any atom is -0.0242 e. The van der Waals surface area contributed by atoms with Gasteiger partial charge in [-0.25, -0.2) is 0 Å². The first-order valence-electron chi connectivity index (χ1n) is 3.17. The molecule has 0 heterocycles. The summed E-state index contributed by atoms with van der Waals surface area (Å²) in [5, 5.41) is 0. The van der Waals surface area contributed by atoms with E-state index in [9.17, 15) is 0 Å². The predicted molar refractivity (Wildman–Crippen MR) is 31.9 cm³/mol. The summed E-state index contributed by atoms with van der Waals surface area (Å²) in [6, 6.07) is 0. The molecule has 0 unspecified atom stereocenters. The van der Waals surface area contributed by atoms with Gasteiger partial charge >= 0.3 is 0 Å². The standard InChI is InChI=1S/C7H13/c1-3-6(2)7-4-5-7/h7H,3-5H2,1-2H3/q+1. The average Bonchev–Trinajstić information content (AvgIpc) is 2.44. The van der Waals surface area contributed by atoms with Gasteiger partial charge in [-0.05, 0) is 19.8 Å². The summed E-state index contributed by atoms with van der Waals surface area (Å²) in [7, 11) is 0. The molecule has 0 aromatic heterocycles. The first kappa shape index (κ1) is 5.02. The lowest BCUT2D eigenvalue weighted by Gasteiger charge is -1.89. The van der Waals surface area contributed by atoms with E-state index in [1.54, 1.807) is 5.92 Å². The van der Waals surface area contributed by atoms with Gasteiger partial charge in [0.2, 0.25) is 0 Å². The third-order valence-electron chi connectivity index (χ3n) is 1.83. The molecule has 40 valence electrons. The van der Waals surface area contributed by atoms with E-state index >= 15 is 0 Å². The third kappa shape index (κ3) is 1.12. The molecule has 7 heavy (non-hydrogen) atoms. The normalized spacial score (nSPS) is 19.7. The van der Waals surface area contributed by atoms with Gasteiger partial charge in [0, 0.05) is 0 Å². The highest BCUT2D eigenvalue weighted by atomic mass is 14.3. The van der Waals surface area contributed by atoms with E-state index in [4.69, 9.17) is 0 Å². The molecule has 0 bridgehead atoms. The van der Waals surface area contributed by atoms with Crippen LogP contribution in [0.3, 0.4) is 0 Å². The minimum absolute atomic E-state index is 1.03. The SMILES string of the molecule is CC[C+](C)C1CC1. The number of hydrogen-bond donors (Lipinski definition) is 0. The van der Waals surface area contributed by atoms with Gasteiger partial charge in [0.1, 0.15) is 5.92 Å². The van der Waals surface area contributed by atoms with Crippen molar-refractivity contribution in [2.24, 2.45) is 5.92 Å². The fourth-order valence-electron chi connectivity index (χ4n) is 0.865. The Kier molecular flexibility index (Phi) is 1.27. The highest BCUT2D eigenvalue weighted by Crippen LogP contribution is 2.39. The van der Waals surface area contributed by atoms with Gasteiger partial charge in [0.05, 0.1) is 19.3 Å². The minimum atomic E-state index is 1.03. The molecule has 1 aliphatic carbocycles. The molecule has 0 nitrogen and oxygen atoms in total. The molecule has 1 aliphatic rings. The summed E-state index contributed by atoms with van der Waals surface area (Å²) < 4.78 is 0. The van der Waals surface area contributed by atoms with Crippen molar-refractivity contribution in [2.75, 3.05) is 0 Å². The molecule has 1 rings (SSSR count). The van der Waals surface area contributed by atoms with Crippen molar-refractivity contribution in [3.8, 4) is 0 Å². The number of rotatable bonds is 2. The van der Waals surface area contributed by atoms with Crippen molar-refractivity contribution in [1.29, 1.82) is 0 Å². The van der Waals surface area contributed by atoms with Crippen molar-refractivity contribution in [3.63, 3.8) is 0 Å². The fraction of sp³-hybridized carbons (Fsp3) is 0.857. The van der Waals surface area contributed by atoms with Crippen LogP contribution < -0.4 is 0 Å².